The van der Waals surface area contributed by atoms with Crippen LogP contribution in [-0.2, 0) is 6.42 Å². The van der Waals surface area contributed by atoms with Crippen LogP contribution in [0.5, 0.6) is 5.75 Å². The van der Waals surface area contributed by atoms with Crippen molar-refractivity contribution >= 4 is 11.6 Å². The van der Waals surface area contributed by atoms with Gasteiger partial charge in [0.25, 0.3) is 5.91 Å². The van der Waals surface area contributed by atoms with Gasteiger partial charge < -0.3 is 10.4 Å². The molecule has 0 heterocycles. The summed E-state index contributed by atoms with van der Waals surface area (Å²) in [4.78, 5) is 12.4. The second kappa shape index (κ2) is 6.79. The number of hydrogen-bond acceptors (Lipinski definition) is 2. The minimum absolute atomic E-state index is 0.0226. The smallest absolute Gasteiger partial charge is 0.259 e. The molecular weight excluding hydrogens is 286 g/mol. The summed E-state index contributed by atoms with van der Waals surface area (Å²) >= 11 is 0. The molecule has 114 valence electrons. The third-order valence-electron chi connectivity index (χ3n) is 3.65. The van der Waals surface area contributed by atoms with E-state index >= 15 is 0 Å². The molecule has 0 spiro atoms. The highest BCUT2D eigenvalue weighted by Crippen LogP contribution is 2.22. The quantitative estimate of drug-likeness (QED) is 0.757. The molecule has 0 atom stereocenters. The zero-order valence-electron chi connectivity index (χ0n) is 12.6. The zero-order valence-corrected chi connectivity index (χ0v) is 12.6. The molecule has 0 aliphatic rings. The van der Waals surface area contributed by atoms with Crippen molar-refractivity contribution in [1.29, 1.82) is 0 Å². The molecule has 0 fully saturated rings. The Labute approximate surface area is 135 Å². The monoisotopic (exact) mass is 303 g/mol. The molecule has 1 amide bonds. The molecule has 3 heteroatoms. The molecule has 0 saturated carbocycles. The van der Waals surface area contributed by atoms with Gasteiger partial charge in [-0.15, -0.1) is 0 Å². The first-order valence-electron chi connectivity index (χ1n) is 7.45. The van der Waals surface area contributed by atoms with E-state index in [0.29, 0.717) is 0 Å². The fourth-order valence-electron chi connectivity index (χ4n) is 2.47. The molecule has 0 aliphatic heterocycles. The van der Waals surface area contributed by atoms with Crippen molar-refractivity contribution in [1.82, 2.24) is 0 Å². The standard InChI is InChI=1S/C20H17NO2/c22-19-13-7-5-11-17(19)20(23)21-18-12-6-4-10-16(18)14-15-8-2-1-3-9-15/h1-13,22H,14H2,(H,21,23). The number of phenols is 1. The Morgan fingerprint density at radius 3 is 2.26 bits per heavy atom. The zero-order chi connectivity index (χ0) is 16.1. The predicted molar refractivity (Wildman–Crippen MR) is 91.8 cm³/mol. The van der Waals surface area contributed by atoms with Crippen molar-refractivity contribution in [3.8, 4) is 5.75 Å². The van der Waals surface area contributed by atoms with Gasteiger partial charge in [-0.2, -0.15) is 0 Å². The van der Waals surface area contributed by atoms with E-state index in [0.717, 1.165) is 17.7 Å². The summed E-state index contributed by atoms with van der Waals surface area (Å²) in [5.41, 5.74) is 3.23. The Hall–Kier alpha value is -3.07. The van der Waals surface area contributed by atoms with Crippen LogP contribution in [0.15, 0.2) is 78.9 Å². The first kappa shape index (κ1) is 14.9. The van der Waals surface area contributed by atoms with E-state index in [-0.39, 0.29) is 17.2 Å². The van der Waals surface area contributed by atoms with E-state index in [2.05, 4.69) is 17.4 Å². The lowest BCUT2D eigenvalue weighted by molar-refractivity contribution is 0.102. The summed E-state index contributed by atoms with van der Waals surface area (Å²) in [5.74, 6) is -0.339. The number of carbonyl (C=O) groups excluding carboxylic acids is 1. The van der Waals surface area contributed by atoms with Crippen LogP contribution in [0.4, 0.5) is 5.69 Å². The first-order valence-corrected chi connectivity index (χ1v) is 7.45. The molecule has 0 radical (unpaired) electrons. The number of rotatable bonds is 4. The fourth-order valence-corrected chi connectivity index (χ4v) is 2.47. The highest BCUT2D eigenvalue weighted by molar-refractivity contribution is 6.06. The van der Waals surface area contributed by atoms with Crippen molar-refractivity contribution in [3.63, 3.8) is 0 Å². The molecule has 2 N–H and O–H groups in total. The number of phenolic OH excluding ortho intramolecular Hbond substituents is 1. The second-order valence-electron chi connectivity index (χ2n) is 5.29. The van der Waals surface area contributed by atoms with Gasteiger partial charge in [0.2, 0.25) is 0 Å². The van der Waals surface area contributed by atoms with Crippen LogP contribution < -0.4 is 5.32 Å². The Morgan fingerprint density at radius 2 is 1.48 bits per heavy atom. The topological polar surface area (TPSA) is 49.3 Å². The van der Waals surface area contributed by atoms with Gasteiger partial charge in [0.1, 0.15) is 5.75 Å². The van der Waals surface area contributed by atoms with Crippen molar-refractivity contribution in [2.75, 3.05) is 5.32 Å². The summed E-state index contributed by atoms with van der Waals surface area (Å²) in [5, 5.41) is 12.7. The predicted octanol–water partition coefficient (Wildman–Crippen LogP) is 4.24. The number of hydrogen-bond donors (Lipinski definition) is 2. The van der Waals surface area contributed by atoms with Crippen LogP contribution in [0.25, 0.3) is 0 Å². The lowest BCUT2D eigenvalue weighted by Crippen LogP contribution is -2.13. The third-order valence-corrected chi connectivity index (χ3v) is 3.65. The summed E-state index contributed by atoms with van der Waals surface area (Å²) in [6.45, 7) is 0. The number of nitrogens with one attached hydrogen (secondary N) is 1. The van der Waals surface area contributed by atoms with Crippen LogP contribution in [0, 0.1) is 0 Å². The fraction of sp³-hybridized carbons (Fsp3) is 0.0500. The Kier molecular flexibility index (Phi) is 4.39. The highest BCUT2D eigenvalue weighted by Gasteiger charge is 2.12. The van der Waals surface area contributed by atoms with E-state index in [4.69, 9.17) is 0 Å². The summed E-state index contributed by atoms with van der Waals surface area (Å²) in [7, 11) is 0. The Morgan fingerprint density at radius 1 is 0.826 bits per heavy atom. The average molecular weight is 303 g/mol. The highest BCUT2D eigenvalue weighted by atomic mass is 16.3. The van der Waals surface area contributed by atoms with Crippen LogP contribution in [0.1, 0.15) is 21.5 Å². The van der Waals surface area contributed by atoms with Gasteiger partial charge in [0.15, 0.2) is 0 Å². The van der Waals surface area contributed by atoms with Crippen molar-refractivity contribution < 1.29 is 9.90 Å². The average Bonchev–Trinajstić information content (AvgIpc) is 2.58. The number of aromatic hydroxyl groups is 1. The molecule has 3 aromatic rings. The number of carbonyl (C=O) groups is 1. The number of anilines is 1. The molecule has 0 aromatic heterocycles. The Balaban J connectivity index is 1.84. The van der Waals surface area contributed by atoms with E-state index in [1.54, 1.807) is 18.2 Å². The number of amides is 1. The lowest BCUT2D eigenvalue weighted by Gasteiger charge is -2.12. The Bertz CT molecular complexity index is 813. The maximum atomic E-state index is 12.4. The minimum atomic E-state index is -0.316. The molecule has 0 aliphatic carbocycles. The summed E-state index contributed by atoms with van der Waals surface area (Å²) in [6, 6.07) is 24.3. The molecule has 3 aromatic carbocycles. The van der Waals surface area contributed by atoms with Gasteiger partial charge in [-0.3, -0.25) is 4.79 Å². The third kappa shape index (κ3) is 3.58. The second-order valence-corrected chi connectivity index (χ2v) is 5.29. The molecule has 3 nitrogen and oxygen atoms in total. The maximum absolute atomic E-state index is 12.4. The first-order chi connectivity index (χ1) is 11.2. The SMILES string of the molecule is O=C(Nc1ccccc1Cc1ccccc1)c1ccccc1O. The largest absolute Gasteiger partial charge is 0.507 e. The van der Waals surface area contributed by atoms with Crippen LogP contribution in [-0.4, -0.2) is 11.0 Å². The number of para-hydroxylation sites is 2. The minimum Gasteiger partial charge on any atom is -0.507 e. The molecular formula is C20H17NO2. The molecule has 0 saturated heterocycles. The summed E-state index contributed by atoms with van der Waals surface area (Å²) in [6.07, 6.45) is 0.734. The number of benzene rings is 3. The molecule has 3 rings (SSSR count). The summed E-state index contributed by atoms with van der Waals surface area (Å²) < 4.78 is 0. The van der Waals surface area contributed by atoms with Gasteiger partial charge in [-0.1, -0.05) is 60.7 Å². The van der Waals surface area contributed by atoms with Gasteiger partial charge in [0, 0.05) is 5.69 Å². The van der Waals surface area contributed by atoms with Gasteiger partial charge in [-0.25, -0.2) is 0 Å². The van der Waals surface area contributed by atoms with Crippen molar-refractivity contribution in [3.05, 3.63) is 95.6 Å². The van der Waals surface area contributed by atoms with Gasteiger partial charge in [-0.05, 0) is 35.7 Å². The van der Waals surface area contributed by atoms with Crippen LogP contribution in [0.3, 0.4) is 0 Å². The molecule has 23 heavy (non-hydrogen) atoms. The normalized spacial score (nSPS) is 10.3. The van der Waals surface area contributed by atoms with Crippen molar-refractivity contribution in [2.45, 2.75) is 6.42 Å². The van der Waals surface area contributed by atoms with Crippen molar-refractivity contribution in [2.24, 2.45) is 0 Å². The van der Waals surface area contributed by atoms with Crippen LogP contribution >= 0.6 is 0 Å². The van der Waals surface area contributed by atoms with Gasteiger partial charge in [0.05, 0.1) is 5.56 Å². The maximum Gasteiger partial charge on any atom is 0.259 e. The molecule has 0 bridgehead atoms. The molecule has 0 unspecified atom stereocenters. The van der Waals surface area contributed by atoms with Crippen LogP contribution in [0.2, 0.25) is 0 Å². The van der Waals surface area contributed by atoms with E-state index < -0.39 is 0 Å². The lowest BCUT2D eigenvalue weighted by atomic mass is 10.0. The van der Waals surface area contributed by atoms with E-state index in [1.165, 1.54) is 11.6 Å². The van der Waals surface area contributed by atoms with Gasteiger partial charge >= 0.3 is 0 Å². The van der Waals surface area contributed by atoms with E-state index in [1.807, 2.05) is 42.5 Å². The van der Waals surface area contributed by atoms with E-state index in [9.17, 15) is 9.90 Å².